The predicted molar refractivity (Wildman–Crippen MR) is 146 cm³/mol. The van der Waals surface area contributed by atoms with Gasteiger partial charge in [0.2, 0.25) is 5.91 Å². The van der Waals surface area contributed by atoms with Gasteiger partial charge < -0.3 is 10.1 Å². The molecule has 1 amide bonds. The quantitative estimate of drug-likeness (QED) is 0.203. The molecule has 0 aliphatic heterocycles. The molecule has 1 aromatic carbocycles. The zero-order chi connectivity index (χ0) is 25.1. The van der Waals surface area contributed by atoms with Gasteiger partial charge in [-0.3, -0.25) is 4.79 Å². The number of rotatable bonds is 19. The Hall–Kier alpha value is -2.43. The van der Waals surface area contributed by atoms with Crippen molar-refractivity contribution < 1.29 is 9.53 Å². The lowest BCUT2D eigenvalue weighted by molar-refractivity contribution is -0.116. The molecule has 35 heavy (non-hydrogen) atoms. The van der Waals surface area contributed by atoms with Gasteiger partial charge in [0.25, 0.3) is 0 Å². The molecule has 2 aromatic rings. The summed E-state index contributed by atoms with van der Waals surface area (Å²) in [7, 11) is 0. The molecule has 194 valence electrons. The van der Waals surface area contributed by atoms with Gasteiger partial charge in [0.05, 0.1) is 0 Å². The Morgan fingerprint density at radius 1 is 0.743 bits per heavy atom. The SMILES string of the molecule is CCCCCCCCCCCCCCCCCC(=O)Nc1cccc(Oc2nc(C)cc(C)n2)c1. The molecule has 0 spiro atoms. The number of carbonyl (C=O) groups is 1. The van der Waals surface area contributed by atoms with Gasteiger partial charge in [-0.1, -0.05) is 103 Å². The Bertz CT molecular complexity index is 833. The number of unbranched alkanes of at least 4 members (excludes halogenated alkanes) is 14. The average Bonchev–Trinajstić information content (AvgIpc) is 2.81. The molecular weight excluding hydrogens is 434 g/mol. The number of aryl methyl sites for hydroxylation is 2. The van der Waals surface area contributed by atoms with Gasteiger partial charge in [0, 0.05) is 29.6 Å². The maximum Gasteiger partial charge on any atom is 0.322 e. The summed E-state index contributed by atoms with van der Waals surface area (Å²) in [5, 5.41) is 2.98. The van der Waals surface area contributed by atoms with E-state index in [1.165, 1.54) is 83.5 Å². The summed E-state index contributed by atoms with van der Waals surface area (Å²) in [6.45, 7) is 6.10. The largest absolute Gasteiger partial charge is 0.424 e. The van der Waals surface area contributed by atoms with E-state index >= 15 is 0 Å². The number of hydrogen-bond donors (Lipinski definition) is 1. The van der Waals surface area contributed by atoms with Crippen LogP contribution in [-0.4, -0.2) is 15.9 Å². The summed E-state index contributed by atoms with van der Waals surface area (Å²) in [5.41, 5.74) is 2.46. The lowest BCUT2D eigenvalue weighted by atomic mass is 10.0. The first-order chi connectivity index (χ1) is 17.1. The first kappa shape index (κ1) is 28.8. The third-order valence-corrected chi connectivity index (χ3v) is 6.30. The van der Waals surface area contributed by atoms with Crippen LogP contribution in [0.1, 0.15) is 121 Å². The van der Waals surface area contributed by atoms with Crippen LogP contribution in [-0.2, 0) is 4.79 Å². The van der Waals surface area contributed by atoms with Crippen LogP contribution in [0.15, 0.2) is 30.3 Å². The third-order valence-electron chi connectivity index (χ3n) is 6.30. The number of hydrogen-bond acceptors (Lipinski definition) is 4. The van der Waals surface area contributed by atoms with E-state index in [1.807, 2.05) is 44.2 Å². The summed E-state index contributed by atoms with van der Waals surface area (Å²) in [6, 6.07) is 9.61. The molecule has 0 saturated carbocycles. The van der Waals surface area contributed by atoms with Crippen LogP contribution in [0.2, 0.25) is 0 Å². The molecule has 0 atom stereocenters. The van der Waals surface area contributed by atoms with Crippen molar-refractivity contribution in [3.8, 4) is 11.8 Å². The van der Waals surface area contributed by atoms with Gasteiger partial charge in [-0.15, -0.1) is 0 Å². The highest BCUT2D eigenvalue weighted by atomic mass is 16.5. The zero-order valence-corrected chi connectivity index (χ0v) is 22.4. The van der Waals surface area contributed by atoms with Crippen molar-refractivity contribution in [2.45, 2.75) is 124 Å². The second kappa shape index (κ2) is 17.9. The van der Waals surface area contributed by atoms with Crippen LogP contribution >= 0.6 is 0 Å². The molecule has 1 aromatic heterocycles. The Morgan fingerprint density at radius 2 is 1.26 bits per heavy atom. The number of anilines is 1. The summed E-state index contributed by atoms with van der Waals surface area (Å²) >= 11 is 0. The molecule has 2 rings (SSSR count). The van der Waals surface area contributed by atoms with Crippen molar-refractivity contribution in [2.75, 3.05) is 5.32 Å². The first-order valence-electron chi connectivity index (χ1n) is 14.0. The molecule has 0 unspecified atom stereocenters. The fraction of sp³-hybridized carbons (Fsp3) is 0.633. The zero-order valence-electron chi connectivity index (χ0n) is 22.4. The van der Waals surface area contributed by atoms with Crippen LogP contribution in [0.25, 0.3) is 0 Å². The van der Waals surface area contributed by atoms with Crippen LogP contribution < -0.4 is 10.1 Å². The lowest BCUT2D eigenvalue weighted by Gasteiger charge is -2.09. The van der Waals surface area contributed by atoms with Crippen molar-refractivity contribution in [3.63, 3.8) is 0 Å². The summed E-state index contributed by atoms with van der Waals surface area (Å²) in [6.07, 6.45) is 20.5. The average molecular weight is 482 g/mol. The van der Waals surface area contributed by atoms with Gasteiger partial charge in [0.15, 0.2) is 0 Å². The Kier molecular flexibility index (Phi) is 14.8. The Morgan fingerprint density at radius 3 is 1.80 bits per heavy atom. The van der Waals surface area contributed by atoms with Crippen molar-refractivity contribution in [1.82, 2.24) is 9.97 Å². The Balaban J connectivity index is 1.49. The van der Waals surface area contributed by atoms with Crippen molar-refractivity contribution in [1.29, 1.82) is 0 Å². The molecule has 0 radical (unpaired) electrons. The molecule has 0 bridgehead atoms. The molecule has 0 fully saturated rings. The van der Waals surface area contributed by atoms with Gasteiger partial charge in [-0.05, 0) is 38.5 Å². The first-order valence-corrected chi connectivity index (χ1v) is 14.0. The van der Waals surface area contributed by atoms with Gasteiger partial charge >= 0.3 is 6.01 Å². The van der Waals surface area contributed by atoms with Gasteiger partial charge in [-0.2, -0.15) is 0 Å². The minimum atomic E-state index is 0.0551. The lowest BCUT2D eigenvalue weighted by Crippen LogP contribution is -2.11. The molecular formula is C30H47N3O2. The van der Waals surface area contributed by atoms with Gasteiger partial charge in [-0.25, -0.2) is 9.97 Å². The second-order valence-electron chi connectivity index (χ2n) is 9.81. The molecule has 0 aliphatic carbocycles. The number of amides is 1. The molecule has 5 nitrogen and oxygen atoms in total. The van der Waals surface area contributed by atoms with E-state index in [4.69, 9.17) is 4.74 Å². The summed E-state index contributed by atoms with van der Waals surface area (Å²) < 4.78 is 5.78. The van der Waals surface area contributed by atoms with E-state index in [-0.39, 0.29) is 5.91 Å². The van der Waals surface area contributed by atoms with E-state index in [0.717, 1.165) is 29.9 Å². The van der Waals surface area contributed by atoms with Crippen molar-refractivity contribution >= 4 is 11.6 Å². The smallest absolute Gasteiger partial charge is 0.322 e. The van der Waals surface area contributed by atoms with Crippen LogP contribution in [0.5, 0.6) is 11.8 Å². The minimum absolute atomic E-state index is 0.0551. The maximum absolute atomic E-state index is 12.3. The van der Waals surface area contributed by atoms with E-state index in [2.05, 4.69) is 22.2 Å². The summed E-state index contributed by atoms with van der Waals surface area (Å²) in [5.74, 6) is 0.666. The standard InChI is InChI=1S/C30H47N3O2/c1-4-5-6-7-8-9-10-11-12-13-14-15-16-17-18-22-29(34)33-27-20-19-21-28(24-27)35-30-31-25(2)23-26(3)32-30/h19-21,23-24H,4-18,22H2,1-3H3,(H,33,34). The number of nitrogens with one attached hydrogen (secondary N) is 1. The van der Waals surface area contributed by atoms with Crippen molar-refractivity contribution in [2.24, 2.45) is 0 Å². The maximum atomic E-state index is 12.3. The Labute approximate surface area is 213 Å². The monoisotopic (exact) mass is 481 g/mol. The fourth-order valence-corrected chi connectivity index (χ4v) is 4.36. The summed E-state index contributed by atoms with van der Waals surface area (Å²) in [4.78, 5) is 20.9. The van der Waals surface area contributed by atoms with E-state index in [1.54, 1.807) is 0 Å². The van der Waals surface area contributed by atoms with Crippen LogP contribution in [0, 0.1) is 13.8 Å². The number of ether oxygens (including phenoxy) is 1. The van der Waals surface area contributed by atoms with E-state index in [0.29, 0.717) is 18.2 Å². The number of aromatic nitrogens is 2. The van der Waals surface area contributed by atoms with Crippen molar-refractivity contribution in [3.05, 3.63) is 41.7 Å². The topological polar surface area (TPSA) is 64.1 Å². The van der Waals surface area contributed by atoms with Gasteiger partial charge in [0.1, 0.15) is 5.75 Å². The van der Waals surface area contributed by atoms with Crippen LogP contribution in [0.4, 0.5) is 5.69 Å². The minimum Gasteiger partial charge on any atom is -0.424 e. The highest BCUT2D eigenvalue weighted by Crippen LogP contribution is 2.22. The number of nitrogens with zero attached hydrogens (tertiary/aromatic N) is 2. The third kappa shape index (κ3) is 13.9. The number of carbonyl (C=O) groups excluding carboxylic acids is 1. The molecule has 1 N–H and O–H groups in total. The van der Waals surface area contributed by atoms with E-state index in [9.17, 15) is 4.79 Å². The fourth-order valence-electron chi connectivity index (χ4n) is 4.36. The molecule has 5 heteroatoms. The normalized spacial score (nSPS) is 10.9. The van der Waals surface area contributed by atoms with Crippen LogP contribution in [0.3, 0.4) is 0 Å². The second-order valence-corrected chi connectivity index (χ2v) is 9.81. The predicted octanol–water partition coefficient (Wildman–Crippen LogP) is 9.09. The molecule has 1 heterocycles. The highest BCUT2D eigenvalue weighted by Gasteiger charge is 2.06. The number of benzene rings is 1. The highest BCUT2D eigenvalue weighted by molar-refractivity contribution is 5.90. The molecule has 0 saturated heterocycles. The van der Waals surface area contributed by atoms with E-state index < -0.39 is 0 Å². The molecule has 0 aliphatic rings.